The van der Waals surface area contributed by atoms with Gasteiger partial charge in [0.15, 0.2) is 0 Å². The summed E-state index contributed by atoms with van der Waals surface area (Å²) in [5, 5.41) is 1.08. The summed E-state index contributed by atoms with van der Waals surface area (Å²) in [6, 6.07) is 4.15. The lowest BCUT2D eigenvalue weighted by molar-refractivity contribution is 0.567. The maximum absolute atomic E-state index is 5.81. The van der Waals surface area contributed by atoms with Crippen LogP contribution in [0.2, 0.25) is 0 Å². The third-order valence-corrected chi connectivity index (χ3v) is 5.25. The summed E-state index contributed by atoms with van der Waals surface area (Å²) >= 11 is 6.90. The van der Waals surface area contributed by atoms with Gasteiger partial charge >= 0.3 is 0 Å². The van der Waals surface area contributed by atoms with E-state index in [-0.39, 0.29) is 5.41 Å². The number of aromatic nitrogens is 1. The van der Waals surface area contributed by atoms with Gasteiger partial charge in [0.05, 0.1) is 14.4 Å². The van der Waals surface area contributed by atoms with E-state index in [0.717, 1.165) is 14.5 Å². The summed E-state index contributed by atoms with van der Waals surface area (Å²) in [5.74, 6) is 0. The molecule has 17 heavy (non-hydrogen) atoms. The molecule has 2 rings (SSSR count). The van der Waals surface area contributed by atoms with Crippen LogP contribution in [0.4, 0.5) is 0 Å². The van der Waals surface area contributed by atoms with E-state index in [1.54, 1.807) is 22.7 Å². The molecule has 2 nitrogen and oxygen atoms in total. The van der Waals surface area contributed by atoms with Crippen LogP contribution in [0.15, 0.2) is 15.9 Å². The van der Waals surface area contributed by atoms with Crippen molar-refractivity contribution in [2.75, 3.05) is 0 Å². The summed E-state index contributed by atoms with van der Waals surface area (Å²) in [6.07, 6.45) is 0. The van der Waals surface area contributed by atoms with E-state index in [1.807, 2.05) is 0 Å². The van der Waals surface area contributed by atoms with E-state index in [2.05, 4.69) is 48.8 Å². The Bertz CT molecular complexity index is 523. The topological polar surface area (TPSA) is 38.9 Å². The van der Waals surface area contributed by atoms with Gasteiger partial charge < -0.3 is 5.73 Å². The van der Waals surface area contributed by atoms with Crippen molar-refractivity contribution >= 4 is 38.6 Å². The van der Waals surface area contributed by atoms with Crippen LogP contribution in [0.5, 0.6) is 0 Å². The zero-order chi connectivity index (χ0) is 12.6. The van der Waals surface area contributed by atoms with Gasteiger partial charge in [0.2, 0.25) is 0 Å². The third-order valence-electron chi connectivity index (χ3n) is 2.38. The summed E-state index contributed by atoms with van der Waals surface area (Å²) in [5.41, 5.74) is 6.99. The summed E-state index contributed by atoms with van der Waals surface area (Å²) in [7, 11) is 0. The Hall–Kier alpha value is -0.230. The minimum atomic E-state index is 0.0535. The molecule has 0 saturated carbocycles. The van der Waals surface area contributed by atoms with Crippen molar-refractivity contribution in [1.82, 2.24) is 4.98 Å². The van der Waals surface area contributed by atoms with Crippen LogP contribution >= 0.6 is 38.6 Å². The summed E-state index contributed by atoms with van der Waals surface area (Å²) in [6.45, 7) is 7.09. The highest BCUT2D eigenvalue weighted by Gasteiger charge is 2.23. The van der Waals surface area contributed by atoms with Crippen molar-refractivity contribution in [1.29, 1.82) is 0 Å². The quantitative estimate of drug-likeness (QED) is 0.886. The first kappa shape index (κ1) is 13.2. The Morgan fingerprint density at radius 2 is 2.00 bits per heavy atom. The van der Waals surface area contributed by atoms with E-state index in [4.69, 9.17) is 10.7 Å². The molecule has 0 atom stereocenters. The van der Waals surface area contributed by atoms with Gasteiger partial charge in [-0.3, -0.25) is 0 Å². The number of rotatable bonds is 2. The number of thiazole rings is 1. The number of hydrogen-bond acceptors (Lipinski definition) is 4. The minimum absolute atomic E-state index is 0.0535. The van der Waals surface area contributed by atoms with Crippen molar-refractivity contribution < 1.29 is 0 Å². The van der Waals surface area contributed by atoms with Crippen molar-refractivity contribution in [3.8, 4) is 9.88 Å². The fraction of sp³-hybridized carbons (Fsp3) is 0.417. The highest BCUT2D eigenvalue weighted by Crippen LogP contribution is 2.38. The highest BCUT2D eigenvalue weighted by atomic mass is 79.9. The first-order valence-electron chi connectivity index (χ1n) is 5.38. The van der Waals surface area contributed by atoms with Gasteiger partial charge in [0, 0.05) is 16.8 Å². The van der Waals surface area contributed by atoms with E-state index in [0.29, 0.717) is 6.54 Å². The molecule has 2 aromatic heterocycles. The first-order chi connectivity index (χ1) is 7.91. The maximum atomic E-state index is 5.81. The van der Waals surface area contributed by atoms with Crippen molar-refractivity contribution in [2.24, 2.45) is 5.73 Å². The number of hydrogen-bond donors (Lipinski definition) is 1. The second-order valence-corrected chi connectivity index (χ2v) is 8.40. The van der Waals surface area contributed by atoms with Crippen LogP contribution in [0.3, 0.4) is 0 Å². The normalized spacial score (nSPS) is 12.1. The molecule has 0 aliphatic rings. The average molecular weight is 331 g/mol. The van der Waals surface area contributed by atoms with E-state index in [1.165, 1.54) is 9.75 Å². The molecule has 0 bridgehead atoms. The number of nitrogens with zero attached hydrogens (tertiary/aromatic N) is 1. The molecule has 0 amide bonds. The van der Waals surface area contributed by atoms with Crippen LogP contribution in [0, 0.1) is 0 Å². The van der Waals surface area contributed by atoms with Gasteiger partial charge in [-0.25, -0.2) is 4.98 Å². The lowest BCUT2D eigenvalue weighted by atomic mass is 9.91. The highest BCUT2D eigenvalue weighted by molar-refractivity contribution is 9.11. The molecule has 5 heteroatoms. The Morgan fingerprint density at radius 3 is 2.41 bits per heavy atom. The second-order valence-electron chi connectivity index (χ2n) is 4.85. The predicted octanol–water partition coefficient (Wildman–Crippen LogP) is 4.39. The average Bonchev–Trinajstić information content (AvgIpc) is 2.81. The maximum Gasteiger partial charge on any atom is 0.134 e. The number of nitrogens with two attached hydrogens (primary N) is 1. The van der Waals surface area contributed by atoms with Crippen LogP contribution in [-0.2, 0) is 12.0 Å². The molecule has 2 N–H and O–H groups in total. The van der Waals surface area contributed by atoms with Crippen molar-refractivity contribution in [3.63, 3.8) is 0 Å². The minimum Gasteiger partial charge on any atom is -0.326 e. The summed E-state index contributed by atoms with van der Waals surface area (Å²) < 4.78 is 1.13. The Labute approximate surface area is 118 Å². The zero-order valence-electron chi connectivity index (χ0n) is 10.1. The molecule has 2 aromatic rings. The van der Waals surface area contributed by atoms with Gasteiger partial charge in [-0.2, -0.15) is 0 Å². The lowest BCUT2D eigenvalue weighted by Crippen LogP contribution is -2.15. The van der Waals surface area contributed by atoms with Gasteiger partial charge in [-0.05, 0) is 28.1 Å². The van der Waals surface area contributed by atoms with Crippen LogP contribution in [-0.4, -0.2) is 4.98 Å². The molecule has 0 spiro atoms. The van der Waals surface area contributed by atoms with E-state index < -0.39 is 0 Å². The monoisotopic (exact) mass is 330 g/mol. The van der Waals surface area contributed by atoms with Crippen molar-refractivity contribution in [2.45, 2.75) is 32.7 Å². The van der Waals surface area contributed by atoms with Crippen molar-refractivity contribution in [3.05, 3.63) is 26.5 Å². The molecular formula is C12H15BrN2S2. The molecule has 0 radical (unpaired) electrons. The molecule has 0 aliphatic carbocycles. The predicted molar refractivity (Wildman–Crippen MR) is 79.7 cm³/mol. The number of thiophene rings is 1. The van der Waals surface area contributed by atoms with Gasteiger partial charge in [-0.15, -0.1) is 22.7 Å². The Balaban J connectivity index is 2.48. The molecular weight excluding hydrogens is 316 g/mol. The van der Waals surface area contributed by atoms with E-state index in [9.17, 15) is 0 Å². The standard InChI is InChI=1S/C12H15BrN2S2/c1-12(2,3)10-8(6-14)17-11(15-10)7-4-5-9(13)16-7/h4-5H,6,14H2,1-3H3. The summed E-state index contributed by atoms with van der Waals surface area (Å²) in [4.78, 5) is 7.16. The van der Waals surface area contributed by atoms with Crippen LogP contribution in [0.25, 0.3) is 9.88 Å². The lowest BCUT2D eigenvalue weighted by Gasteiger charge is -2.16. The van der Waals surface area contributed by atoms with Gasteiger partial charge in [-0.1, -0.05) is 20.8 Å². The van der Waals surface area contributed by atoms with E-state index >= 15 is 0 Å². The largest absolute Gasteiger partial charge is 0.326 e. The SMILES string of the molecule is CC(C)(C)c1nc(-c2ccc(Br)s2)sc1CN. The molecule has 0 aromatic carbocycles. The molecule has 0 saturated heterocycles. The third kappa shape index (κ3) is 2.78. The van der Waals surface area contributed by atoms with Crippen LogP contribution < -0.4 is 5.73 Å². The van der Waals surface area contributed by atoms with Gasteiger partial charge in [0.1, 0.15) is 5.01 Å². The fourth-order valence-electron chi connectivity index (χ4n) is 1.61. The van der Waals surface area contributed by atoms with Gasteiger partial charge in [0.25, 0.3) is 0 Å². The van der Waals surface area contributed by atoms with Crippen LogP contribution in [0.1, 0.15) is 31.3 Å². The Morgan fingerprint density at radius 1 is 1.29 bits per heavy atom. The fourth-order valence-corrected chi connectivity index (χ4v) is 4.20. The second kappa shape index (κ2) is 4.80. The first-order valence-corrected chi connectivity index (χ1v) is 7.80. The molecule has 2 heterocycles. The molecule has 92 valence electrons. The zero-order valence-corrected chi connectivity index (χ0v) is 13.3. The smallest absolute Gasteiger partial charge is 0.134 e. The number of halogens is 1. The molecule has 0 aliphatic heterocycles. The molecule has 0 unspecified atom stereocenters. The molecule has 0 fully saturated rings. The Kier molecular flexibility index (Phi) is 3.73.